The van der Waals surface area contributed by atoms with E-state index in [9.17, 15) is 0 Å². The second kappa shape index (κ2) is 96.4. The molecule has 1 fully saturated rings. The molecule has 6 rings (SSSR count). The molecule has 0 N–H and O–H groups in total. The first-order valence-electron chi connectivity index (χ1n) is 55.0. The summed E-state index contributed by atoms with van der Waals surface area (Å²) in [5.41, 5.74) is 2.36. The van der Waals surface area contributed by atoms with Crippen LogP contribution in [-0.4, -0.2) is 301 Å². The lowest BCUT2D eigenvalue weighted by Gasteiger charge is -2.30. The Morgan fingerprint density at radius 1 is 0.230 bits per heavy atom. The highest BCUT2D eigenvalue weighted by Gasteiger charge is 2.25. The zero-order valence-corrected chi connectivity index (χ0v) is 100.0. The summed E-state index contributed by atoms with van der Waals surface area (Å²) in [5, 5.41) is 0. The van der Waals surface area contributed by atoms with E-state index < -0.39 is 0 Å². The Kier molecular flexibility index (Phi) is 94.9. The van der Waals surface area contributed by atoms with Gasteiger partial charge < -0.3 is 137 Å². The first-order chi connectivity index (χ1) is 70.2. The lowest BCUT2D eigenvalue weighted by atomic mass is 9.78. The number of rotatable bonds is 72. The third-order valence-electron chi connectivity index (χ3n) is 19.3. The largest absolute Gasteiger partial charge is 0.491 e. The van der Waals surface area contributed by atoms with Crippen LogP contribution in [0.25, 0.3) is 0 Å². The molecular weight excluding hydrogens is 1890 g/mol. The average Bonchev–Trinajstić information content (AvgIpc) is 0.953. The third-order valence-corrected chi connectivity index (χ3v) is 19.3. The van der Waals surface area contributed by atoms with Crippen LogP contribution in [0.1, 0.15) is 306 Å². The van der Waals surface area contributed by atoms with Crippen LogP contribution in [0, 0.1) is 0 Å². The Morgan fingerprint density at radius 3 is 0.669 bits per heavy atom. The van der Waals surface area contributed by atoms with Gasteiger partial charge in [-0.05, 0) is 328 Å². The zero-order chi connectivity index (χ0) is 112. The molecule has 29 heteroatoms. The second-order valence-electron chi connectivity index (χ2n) is 40.0. The normalized spacial score (nSPS) is 13.0. The van der Waals surface area contributed by atoms with Crippen molar-refractivity contribution in [2.24, 2.45) is 0 Å². The van der Waals surface area contributed by atoms with Crippen molar-refractivity contribution in [3.8, 4) is 51.7 Å². The van der Waals surface area contributed by atoms with Crippen molar-refractivity contribution in [2.45, 2.75) is 416 Å². The van der Waals surface area contributed by atoms with E-state index in [4.69, 9.17) is 137 Å². The highest BCUT2D eigenvalue weighted by Crippen LogP contribution is 2.35. The molecular formula is C119H216O29. The van der Waals surface area contributed by atoms with Gasteiger partial charge in [0, 0.05) is 56.6 Å². The van der Waals surface area contributed by atoms with Crippen LogP contribution in [0.2, 0.25) is 0 Å². The van der Waals surface area contributed by atoms with Crippen molar-refractivity contribution in [2.75, 3.05) is 185 Å². The van der Waals surface area contributed by atoms with Gasteiger partial charge in [0.2, 0.25) is 0 Å². The molecule has 148 heavy (non-hydrogen) atoms. The van der Waals surface area contributed by atoms with Gasteiger partial charge in [-0.25, -0.2) is 0 Å². The predicted molar refractivity (Wildman–Crippen MR) is 598 cm³/mol. The fraction of sp³-hybridized carbons (Fsp3) is 0.765. The molecule has 1 aliphatic rings. The summed E-state index contributed by atoms with van der Waals surface area (Å²) in [6, 6.07) is 29.8. The number of methoxy groups -OCH3 is 1. The standard InChI is InChI=1S/C25H36O4.C21H36O6.C16H26O4.C14H24O5.C12H24O2.C10H22O2.C9H20O3.C8H18O2.C4H10O/c1-19(2)26-15-17-28-23-11-7-21(8-12-23)25(5,6)22-9-13-24(14-10-22)29-18-16-27-20(3)4;1-16(2)22-7-10-25-19-13-20(26-11-8-23-17(3)4)15-21(14-19)27-12-9-24-18(5)6;1-13(2)17-8-10-19-15-6-5-7-16(12-15)20-11-9-18-14(3)4;1-11(2)16-5-7-18-13-9-15-10-14(13)19-8-6-17-12(3)4;1-9(2)13-11-5-7-12(8-6-11)14-10(3)4;1-9(2)11-7-5-6-8-12-10(3)4;1-4-10-5-6-11-7-8-12-9(2)3;1-7(2)9-5-6-10-8(3)4;1-4(2)5-3/h7-14,19-20H,15-18H2,1-6H3;13-18H,7-12H2,1-6H3;5-7,12-14H,8-11H2,1-4H3;9-12H,5-8H2,1-4H3;9-12H,5-8H2,1-4H3;9-10H,5-8H2,1-4H3;9H,4-8H2,1-3H3;7-8H,5-6H2,1-4H3;4H,1-3H3. The minimum atomic E-state index is -0.113. The van der Waals surface area contributed by atoms with Crippen LogP contribution in [-0.2, 0) is 95.4 Å². The van der Waals surface area contributed by atoms with Crippen LogP contribution in [0.4, 0.5) is 0 Å². The molecule has 29 nitrogen and oxygen atoms in total. The SMILES string of the molecule is CC(C)OC1CCC(OC(C)C)CC1.CC(C)OCCCCOC(C)C.CC(C)OCCOC(C)C.CC(C)OCCOc1cc(OCCOC(C)C)cc(OCCOC(C)C)c1.CC(C)OCCOc1ccc(C(C)(C)c2ccc(OCCOC(C)C)cc2)cc1.CC(C)OCCOc1cccc(OCCOC(C)C)c1.CC(C)OCCOc1cocc1OCCOC(C)C.CCOCCOCCOC(C)C.COC(C)C. The molecule has 0 spiro atoms. The summed E-state index contributed by atoms with van der Waals surface area (Å²) in [7, 11) is 1.70. The molecule has 0 unspecified atom stereocenters. The van der Waals surface area contributed by atoms with Crippen LogP contribution in [0.3, 0.4) is 0 Å². The Morgan fingerprint density at radius 2 is 0.432 bits per heavy atom. The summed E-state index contributed by atoms with van der Waals surface area (Å²) in [5.74, 6) is 6.56. The van der Waals surface area contributed by atoms with Gasteiger partial charge in [0.1, 0.15) is 112 Å². The van der Waals surface area contributed by atoms with Gasteiger partial charge in [-0.2, -0.15) is 0 Å². The fourth-order valence-electron chi connectivity index (χ4n) is 12.2. The summed E-state index contributed by atoms with van der Waals surface area (Å²) in [6.45, 7) is 91.4. The molecule has 1 saturated carbocycles. The van der Waals surface area contributed by atoms with E-state index in [1.54, 1.807) is 7.11 Å². The number of hydrogen-bond donors (Lipinski definition) is 0. The van der Waals surface area contributed by atoms with Crippen molar-refractivity contribution >= 4 is 0 Å². The van der Waals surface area contributed by atoms with E-state index in [0.29, 0.717) is 248 Å². The number of furan rings is 1. The predicted octanol–water partition coefficient (Wildman–Crippen LogP) is 26.0. The summed E-state index contributed by atoms with van der Waals surface area (Å²) < 4.78 is 159. The first-order valence-corrected chi connectivity index (χ1v) is 55.0. The van der Waals surface area contributed by atoms with E-state index in [1.807, 2.05) is 254 Å². The molecule has 866 valence electrons. The van der Waals surface area contributed by atoms with Gasteiger partial charge >= 0.3 is 0 Å². The highest BCUT2D eigenvalue weighted by atomic mass is 16.6. The minimum absolute atomic E-state index is 0.113. The monoisotopic (exact) mass is 2110 g/mol. The van der Waals surface area contributed by atoms with E-state index >= 15 is 0 Å². The maximum Gasteiger partial charge on any atom is 0.199 e. The highest BCUT2D eigenvalue weighted by molar-refractivity contribution is 5.43. The van der Waals surface area contributed by atoms with E-state index in [1.165, 1.54) is 23.7 Å². The van der Waals surface area contributed by atoms with E-state index in [-0.39, 0.29) is 60.4 Å². The van der Waals surface area contributed by atoms with Crippen LogP contribution in [0.5, 0.6) is 51.7 Å². The van der Waals surface area contributed by atoms with Gasteiger partial charge in [-0.1, -0.05) is 44.2 Å². The number of unbranched alkanes of at least 4 members (excludes halogenated alkanes) is 1. The lowest BCUT2D eigenvalue weighted by Crippen LogP contribution is -2.29. The Labute approximate surface area is 900 Å². The van der Waals surface area contributed by atoms with Crippen LogP contribution >= 0.6 is 0 Å². The van der Waals surface area contributed by atoms with Gasteiger partial charge in [0.25, 0.3) is 0 Å². The second-order valence-corrected chi connectivity index (χ2v) is 40.0. The van der Waals surface area contributed by atoms with Gasteiger partial charge in [0.05, 0.1) is 215 Å². The maximum absolute atomic E-state index is 5.79. The topological polar surface area (TPSA) is 272 Å². The molecule has 0 amide bonds. The molecule has 0 bridgehead atoms. The summed E-state index contributed by atoms with van der Waals surface area (Å²) in [4.78, 5) is 0. The first kappa shape index (κ1) is 146. The number of ether oxygens (including phenoxy) is 28. The Hall–Kier alpha value is -6.40. The minimum Gasteiger partial charge on any atom is -0.491 e. The summed E-state index contributed by atoms with van der Waals surface area (Å²) >= 11 is 0. The van der Waals surface area contributed by atoms with Crippen molar-refractivity contribution in [3.05, 3.63) is 115 Å². The third kappa shape index (κ3) is 97.8. The average molecular weight is 2110 g/mol. The smallest absolute Gasteiger partial charge is 0.199 e. The number of hydrogen-bond acceptors (Lipinski definition) is 29. The molecule has 1 heterocycles. The van der Waals surface area contributed by atoms with Gasteiger partial charge in [0.15, 0.2) is 11.5 Å². The van der Waals surface area contributed by atoms with Crippen LogP contribution in [0.15, 0.2) is 108 Å². The van der Waals surface area contributed by atoms with Crippen molar-refractivity contribution in [1.82, 2.24) is 0 Å². The fourth-order valence-corrected chi connectivity index (χ4v) is 12.2. The molecule has 0 radical (unpaired) electrons. The summed E-state index contributed by atoms with van der Waals surface area (Å²) in [6.07, 6.45) is 15.5. The number of benzene rings is 4. The molecule has 1 aliphatic carbocycles. The molecule has 0 atom stereocenters. The quantitative estimate of drug-likeness (QED) is 0.0327. The molecule has 4 aromatic carbocycles. The van der Waals surface area contributed by atoms with Crippen molar-refractivity contribution in [1.29, 1.82) is 0 Å². The van der Waals surface area contributed by atoms with E-state index in [2.05, 4.69) is 93.5 Å². The maximum atomic E-state index is 5.79. The zero-order valence-electron chi connectivity index (χ0n) is 100.0. The van der Waals surface area contributed by atoms with Crippen LogP contribution < -0.4 is 42.6 Å². The van der Waals surface area contributed by atoms with E-state index in [0.717, 1.165) is 81.3 Å². The Bertz CT molecular complexity index is 3360. The van der Waals surface area contributed by atoms with Crippen molar-refractivity contribution in [3.63, 3.8) is 0 Å². The van der Waals surface area contributed by atoms with Crippen molar-refractivity contribution < 1.29 is 137 Å². The van der Waals surface area contributed by atoms with Gasteiger partial charge in [-0.15, -0.1) is 0 Å². The van der Waals surface area contributed by atoms with Gasteiger partial charge in [-0.3, -0.25) is 0 Å². The molecule has 5 aromatic rings. The lowest BCUT2D eigenvalue weighted by molar-refractivity contribution is -0.0657. The molecule has 1 aromatic heterocycles. The molecule has 0 aliphatic heterocycles. The molecule has 0 saturated heterocycles. The Balaban J connectivity index is -0.00000165.